The summed E-state index contributed by atoms with van der Waals surface area (Å²) in [5.74, 6) is 1.02. The number of nitrogens with zero attached hydrogens (tertiary/aromatic N) is 1. The van der Waals surface area contributed by atoms with Gasteiger partial charge in [-0.05, 0) is 22.3 Å². The maximum Gasteiger partial charge on any atom is 0.0247 e. The van der Waals surface area contributed by atoms with E-state index < -0.39 is 0 Å². The number of rotatable bonds is 8. The van der Waals surface area contributed by atoms with Crippen LogP contribution in [0.4, 0.5) is 0 Å². The van der Waals surface area contributed by atoms with E-state index in [-0.39, 0.29) is 0 Å². The molecular weight excluding hydrogens is 386 g/mol. The van der Waals surface area contributed by atoms with Crippen LogP contribution in [-0.4, -0.2) is 10.9 Å². The molecule has 0 N–H and O–H groups in total. The molecule has 0 spiro atoms. The van der Waals surface area contributed by atoms with E-state index in [2.05, 4.69) is 138 Å². The van der Waals surface area contributed by atoms with Crippen molar-refractivity contribution in [1.82, 2.24) is 4.90 Å². The van der Waals surface area contributed by atoms with Gasteiger partial charge < -0.3 is 0 Å². The highest BCUT2D eigenvalue weighted by molar-refractivity contribution is 5.51. The van der Waals surface area contributed by atoms with Crippen LogP contribution in [0.1, 0.15) is 28.2 Å². The maximum atomic E-state index is 2.67. The van der Waals surface area contributed by atoms with Gasteiger partial charge in [0, 0.05) is 31.0 Å². The summed E-state index contributed by atoms with van der Waals surface area (Å²) >= 11 is 0. The minimum absolute atomic E-state index is 0.484. The van der Waals surface area contributed by atoms with Crippen LogP contribution in [0, 0.1) is 5.92 Å². The highest BCUT2D eigenvalue weighted by Crippen LogP contribution is 2.53. The van der Waals surface area contributed by atoms with Crippen LogP contribution in [-0.2, 0) is 13.1 Å². The SMILES string of the molecule is C(=C\C1C(c2ccccc2)C1N(Cc1ccccc1)Cc1ccccc1)/c1ccccc1. The van der Waals surface area contributed by atoms with Crippen molar-refractivity contribution >= 4 is 6.08 Å². The quantitative estimate of drug-likeness (QED) is 0.294. The van der Waals surface area contributed by atoms with Crippen molar-refractivity contribution in [3.05, 3.63) is 150 Å². The molecule has 1 heteroatoms. The Labute approximate surface area is 191 Å². The van der Waals surface area contributed by atoms with Gasteiger partial charge >= 0.3 is 0 Å². The molecule has 0 saturated heterocycles. The van der Waals surface area contributed by atoms with Crippen molar-refractivity contribution in [3.63, 3.8) is 0 Å². The molecule has 0 aromatic heterocycles. The molecular formula is C31H29N. The highest BCUT2D eigenvalue weighted by Gasteiger charge is 2.52. The van der Waals surface area contributed by atoms with Gasteiger partial charge in [-0.25, -0.2) is 0 Å². The number of hydrogen-bond donors (Lipinski definition) is 0. The van der Waals surface area contributed by atoms with Crippen LogP contribution in [0.2, 0.25) is 0 Å². The van der Waals surface area contributed by atoms with E-state index in [1.54, 1.807) is 0 Å². The standard InChI is InChI=1S/C31H29N/c1-5-13-25(14-6-1)21-22-29-30(28-19-11-4-12-20-28)31(29)32(23-26-15-7-2-8-16-26)24-27-17-9-3-10-18-27/h1-22,29-31H,23-24H2/b22-21+. The van der Waals surface area contributed by atoms with Crippen LogP contribution in [0.3, 0.4) is 0 Å². The summed E-state index contributed by atoms with van der Waals surface area (Å²) < 4.78 is 0. The smallest absolute Gasteiger partial charge is 0.0247 e. The van der Waals surface area contributed by atoms with Crippen molar-refractivity contribution < 1.29 is 0 Å². The summed E-state index contributed by atoms with van der Waals surface area (Å²) in [6.45, 7) is 1.92. The lowest BCUT2D eigenvalue weighted by Crippen LogP contribution is -2.27. The zero-order chi connectivity index (χ0) is 21.6. The minimum Gasteiger partial charge on any atom is -0.291 e. The van der Waals surface area contributed by atoms with E-state index in [0.29, 0.717) is 17.9 Å². The molecule has 0 aliphatic heterocycles. The van der Waals surface area contributed by atoms with Crippen molar-refractivity contribution in [2.75, 3.05) is 0 Å². The summed E-state index contributed by atoms with van der Waals surface area (Å²) in [6, 6.07) is 43.9. The lowest BCUT2D eigenvalue weighted by atomic mass is 10.1. The van der Waals surface area contributed by atoms with Gasteiger partial charge in [0.15, 0.2) is 0 Å². The normalized spacial score (nSPS) is 20.0. The Morgan fingerprint density at radius 3 is 1.56 bits per heavy atom. The van der Waals surface area contributed by atoms with Crippen molar-refractivity contribution in [3.8, 4) is 0 Å². The average molecular weight is 416 g/mol. The van der Waals surface area contributed by atoms with E-state index in [0.717, 1.165) is 13.1 Å². The van der Waals surface area contributed by atoms with Crippen molar-refractivity contribution in [1.29, 1.82) is 0 Å². The monoisotopic (exact) mass is 415 g/mol. The summed E-state index contributed by atoms with van der Waals surface area (Å²) in [5, 5.41) is 0. The van der Waals surface area contributed by atoms with Gasteiger partial charge in [-0.1, -0.05) is 133 Å². The molecule has 32 heavy (non-hydrogen) atoms. The zero-order valence-corrected chi connectivity index (χ0v) is 18.3. The molecule has 158 valence electrons. The second kappa shape index (κ2) is 9.80. The van der Waals surface area contributed by atoms with Gasteiger partial charge in [0.05, 0.1) is 0 Å². The highest BCUT2D eigenvalue weighted by atomic mass is 15.2. The molecule has 0 bridgehead atoms. The third kappa shape index (κ3) is 4.90. The molecule has 5 rings (SSSR count). The molecule has 4 aromatic carbocycles. The molecule has 0 radical (unpaired) electrons. The van der Waals surface area contributed by atoms with Crippen LogP contribution >= 0.6 is 0 Å². The van der Waals surface area contributed by atoms with Gasteiger partial charge in [0.25, 0.3) is 0 Å². The van der Waals surface area contributed by atoms with Crippen molar-refractivity contribution in [2.45, 2.75) is 25.0 Å². The van der Waals surface area contributed by atoms with E-state index in [1.165, 1.54) is 22.3 Å². The van der Waals surface area contributed by atoms with Crippen LogP contribution in [0.5, 0.6) is 0 Å². The first-order valence-corrected chi connectivity index (χ1v) is 11.5. The van der Waals surface area contributed by atoms with Crippen molar-refractivity contribution in [2.24, 2.45) is 5.92 Å². The van der Waals surface area contributed by atoms with Gasteiger partial charge in [-0.15, -0.1) is 0 Å². The summed E-state index contributed by atoms with van der Waals surface area (Å²) in [4.78, 5) is 2.67. The van der Waals surface area contributed by atoms with Gasteiger partial charge in [0.1, 0.15) is 0 Å². The first-order valence-electron chi connectivity index (χ1n) is 11.5. The summed E-state index contributed by atoms with van der Waals surface area (Å²) in [6.07, 6.45) is 4.73. The molecule has 1 aliphatic rings. The van der Waals surface area contributed by atoms with E-state index in [9.17, 15) is 0 Å². The second-order valence-corrected chi connectivity index (χ2v) is 8.65. The topological polar surface area (TPSA) is 3.24 Å². The fraction of sp³-hybridized carbons (Fsp3) is 0.161. The lowest BCUT2D eigenvalue weighted by molar-refractivity contribution is 0.235. The van der Waals surface area contributed by atoms with Gasteiger partial charge in [-0.2, -0.15) is 0 Å². The fourth-order valence-corrected chi connectivity index (χ4v) is 4.81. The Kier molecular flexibility index (Phi) is 6.28. The lowest BCUT2D eigenvalue weighted by Gasteiger charge is -2.24. The predicted molar refractivity (Wildman–Crippen MR) is 134 cm³/mol. The molecule has 3 atom stereocenters. The number of benzene rings is 4. The zero-order valence-electron chi connectivity index (χ0n) is 18.3. The van der Waals surface area contributed by atoms with E-state index in [1.807, 2.05) is 0 Å². The molecule has 0 heterocycles. The Balaban J connectivity index is 1.45. The minimum atomic E-state index is 0.484. The molecule has 1 nitrogen and oxygen atoms in total. The third-order valence-electron chi connectivity index (χ3n) is 6.41. The summed E-state index contributed by atoms with van der Waals surface area (Å²) in [7, 11) is 0. The fourth-order valence-electron chi connectivity index (χ4n) is 4.81. The predicted octanol–water partition coefficient (Wildman–Crippen LogP) is 7.18. The van der Waals surface area contributed by atoms with Gasteiger partial charge in [-0.3, -0.25) is 4.90 Å². The maximum absolute atomic E-state index is 2.67. The molecule has 4 aromatic rings. The van der Waals surface area contributed by atoms with E-state index >= 15 is 0 Å². The first kappa shape index (κ1) is 20.5. The largest absolute Gasteiger partial charge is 0.291 e. The molecule has 3 unspecified atom stereocenters. The molecule has 0 amide bonds. The molecule has 1 saturated carbocycles. The van der Waals surface area contributed by atoms with Crippen LogP contribution in [0.25, 0.3) is 6.08 Å². The van der Waals surface area contributed by atoms with Crippen LogP contribution < -0.4 is 0 Å². The third-order valence-corrected chi connectivity index (χ3v) is 6.41. The second-order valence-electron chi connectivity index (χ2n) is 8.65. The molecule has 1 aliphatic carbocycles. The summed E-state index contributed by atoms with van der Waals surface area (Å²) in [5.41, 5.74) is 5.44. The first-order chi connectivity index (χ1) is 15.9. The average Bonchev–Trinajstić information content (AvgIpc) is 3.59. The Morgan fingerprint density at radius 1 is 0.562 bits per heavy atom. The van der Waals surface area contributed by atoms with Crippen LogP contribution in [0.15, 0.2) is 127 Å². The Hall–Kier alpha value is -3.42. The van der Waals surface area contributed by atoms with E-state index in [4.69, 9.17) is 0 Å². The molecule has 1 fully saturated rings. The van der Waals surface area contributed by atoms with Gasteiger partial charge in [0.2, 0.25) is 0 Å². The number of hydrogen-bond acceptors (Lipinski definition) is 1. The Morgan fingerprint density at radius 2 is 1.03 bits per heavy atom. The Bertz CT molecular complexity index is 1080.